The van der Waals surface area contributed by atoms with Crippen molar-refractivity contribution >= 4 is 5.69 Å². The lowest BCUT2D eigenvalue weighted by Gasteiger charge is -2.25. The van der Waals surface area contributed by atoms with E-state index in [1.54, 1.807) is 0 Å². The molecule has 2 aliphatic heterocycles. The summed E-state index contributed by atoms with van der Waals surface area (Å²) in [5.74, 6) is 0.685. The Balaban J connectivity index is 2.01. The van der Waals surface area contributed by atoms with E-state index >= 15 is 0 Å². The molecule has 68 valence electrons. The van der Waals surface area contributed by atoms with Gasteiger partial charge in [-0.15, -0.1) is 0 Å². The largest absolute Gasteiger partial charge is 0.379 e. The molecule has 1 aromatic carbocycles. The SMILES string of the molecule is c1ccc2c(c1)NC1COCCC21. The Hall–Kier alpha value is -1.02. The van der Waals surface area contributed by atoms with Crippen LogP contribution in [0.1, 0.15) is 17.9 Å². The van der Waals surface area contributed by atoms with Crippen LogP contribution < -0.4 is 5.32 Å². The fourth-order valence-corrected chi connectivity index (χ4v) is 2.40. The summed E-state index contributed by atoms with van der Waals surface area (Å²) in [5, 5.41) is 3.51. The van der Waals surface area contributed by atoms with Crippen LogP contribution in [0.3, 0.4) is 0 Å². The molecule has 1 N–H and O–H groups in total. The first-order chi connectivity index (χ1) is 6.45. The van der Waals surface area contributed by atoms with Crippen molar-refractivity contribution in [2.45, 2.75) is 18.4 Å². The third-order valence-corrected chi connectivity index (χ3v) is 3.06. The van der Waals surface area contributed by atoms with Gasteiger partial charge in [-0.2, -0.15) is 0 Å². The number of rotatable bonds is 0. The monoisotopic (exact) mass is 175 g/mol. The molecular weight excluding hydrogens is 162 g/mol. The smallest absolute Gasteiger partial charge is 0.0673 e. The molecule has 0 radical (unpaired) electrons. The summed E-state index contributed by atoms with van der Waals surface area (Å²) in [7, 11) is 0. The zero-order valence-electron chi connectivity index (χ0n) is 7.49. The lowest BCUT2D eigenvalue weighted by atomic mass is 9.91. The van der Waals surface area contributed by atoms with Crippen molar-refractivity contribution in [1.29, 1.82) is 0 Å². The molecule has 0 saturated carbocycles. The number of fused-ring (bicyclic) bond motifs is 3. The van der Waals surface area contributed by atoms with Crippen LogP contribution >= 0.6 is 0 Å². The molecule has 2 aliphatic rings. The fourth-order valence-electron chi connectivity index (χ4n) is 2.40. The van der Waals surface area contributed by atoms with Gasteiger partial charge in [0, 0.05) is 18.2 Å². The van der Waals surface area contributed by atoms with Crippen LogP contribution in [0.25, 0.3) is 0 Å². The number of benzene rings is 1. The molecule has 2 nitrogen and oxygen atoms in total. The van der Waals surface area contributed by atoms with Crippen molar-refractivity contribution in [2.24, 2.45) is 0 Å². The van der Waals surface area contributed by atoms with Crippen LogP contribution in [0.2, 0.25) is 0 Å². The lowest BCUT2D eigenvalue weighted by Crippen LogP contribution is -2.31. The third kappa shape index (κ3) is 1.05. The van der Waals surface area contributed by atoms with Gasteiger partial charge in [-0.25, -0.2) is 0 Å². The van der Waals surface area contributed by atoms with Crippen molar-refractivity contribution in [2.75, 3.05) is 18.5 Å². The first-order valence-corrected chi connectivity index (χ1v) is 4.88. The Morgan fingerprint density at radius 3 is 3.23 bits per heavy atom. The van der Waals surface area contributed by atoms with Gasteiger partial charge in [0.25, 0.3) is 0 Å². The number of hydrogen-bond donors (Lipinski definition) is 1. The van der Waals surface area contributed by atoms with Crippen molar-refractivity contribution in [1.82, 2.24) is 0 Å². The van der Waals surface area contributed by atoms with Crippen LogP contribution in [0.5, 0.6) is 0 Å². The first kappa shape index (κ1) is 7.39. The van der Waals surface area contributed by atoms with Crippen molar-refractivity contribution in [3.8, 4) is 0 Å². The maximum Gasteiger partial charge on any atom is 0.0673 e. The fraction of sp³-hybridized carbons (Fsp3) is 0.455. The van der Waals surface area contributed by atoms with Crippen molar-refractivity contribution < 1.29 is 4.74 Å². The zero-order valence-corrected chi connectivity index (χ0v) is 7.49. The summed E-state index contributed by atoms with van der Waals surface area (Å²) in [5.41, 5.74) is 2.79. The van der Waals surface area contributed by atoms with E-state index in [9.17, 15) is 0 Å². The van der Waals surface area contributed by atoms with Crippen LogP contribution in [-0.2, 0) is 4.74 Å². The van der Waals surface area contributed by atoms with Crippen LogP contribution in [0.15, 0.2) is 24.3 Å². The standard InChI is InChI=1S/C11H13NO/c1-2-4-10-8(3-1)9-5-6-13-7-11(9)12-10/h1-4,9,11-12H,5-7H2. The molecule has 1 saturated heterocycles. The minimum atomic E-state index is 0.520. The Kier molecular flexibility index (Phi) is 1.56. The molecule has 0 aliphatic carbocycles. The Morgan fingerprint density at radius 2 is 2.23 bits per heavy atom. The number of hydrogen-bond acceptors (Lipinski definition) is 2. The van der Waals surface area contributed by atoms with E-state index in [0.717, 1.165) is 19.6 Å². The van der Waals surface area contributed by atoms with Gasteiger partial charge in [0.2, 0.25) is 0 Å². The van der Waals surface area contributed by atoms with E-state index in [1.807, 2.05) is 0 Å². The molecular formula is C11H13NO. The number of anilines is 1. The van der Waals surface area contributed by atoms with Gasteiger partial charge in [-0.1, -0.05) is 18.2 Å². The molecule has 0 amide bonds. The van der Waals surface area contributed by atoms with E-state index in [4.69, 9.17) is 4.74 Å². The van der Waals surface area contributed by atoms with E-state index in [2.05, 4.69) is 29.6 Å². The molecule has 2 heterocycles. The molecule has 3 rings (SSSR count). The molecule has 2 heteroatoms. The summed E-state index contributed by atoms with van der Waals surface area (Å²) >= 11 is 0. The molecule has 2 unspecified atom stereocenters. The maximum absolute atomic E-state index is 5.45. The molecule has 2 atom stereocenters. The summed E-state index contributed by atoms with van der Waals surface area (Å²) < 4.78 is 5.45. The van der Waals surface area contributed by atoms with Gasteiger partial charge >= 0.3 is 0 Å². The highest BCUT2D eigenvalue weighted by atomic mass is 16.5. The quantitative estimate of drug-likeness (QED) is 0.651. The Morgan fingerprint density at radius 1 is 1.31 bits per heavy atom. The van der Waals surface area contributed by atoms with Crippen LogP contribution in [0.4, 0.5) is 5.69 Å². The summed E-state index contributed by atoms with van der Waals surface area (Å²) in [6.45, 7) is 1.77. The highest BCUT2D eigenvalue weighted by Gasteiger charge is 2.33. The van der Waals surface area contributed by atoms with E-state index in [-0.39, 0.29) is 0 Å². The Labute approximate surface area is 77.9 Å². The molecule has 1 aromatic rings. The molecule has 0 bridgehead atoms. The summed E-state index contributed by atoms with van der Waals surface area (Å²) in [6.07, 6.45) is 1.16. The van der Waals surface area contributed by atoms with Crippen LogP contribution in [0, 0.1) is 0 Å². The highest BCUT2D eigenvalue weighted by molar-refractivity contribution is 5.59. The van der Waals surface area contributed by atoms with E-state index < -0.39 is 0 Å². The second-order valence-electron chi connectivity index (χ2n) is 3.81. The van der Waals surface area contributed by atoms with Gasteiger partial charge in [0.1, 0.15) is 0 Å². The van der Waals surface area contributed by atoms with E-state index in [1.165, 1.54) is 11.3 Å². The van der Waals surface area contributed by atoms with Gasteiger partial charge in [-0.3, -0.25) is 0 Å². The average molecular weight is 175 g/mol. The van der Waals surface area contributed by atoms with Crippen molar-refractivity contribution in [3.05, 3.63) is 29.8 Å². The normalized spacial score (nSPS) is 30.5. The van der Waals surface area contributed by atoms with Gasteiger partial charge in [0.15, 0.2) is 0 Å². The summed E-state index contributed by atoms with van der Waals surface area (Å²) in [6, 6.07) is 9.13. The molecule has 0 spiro atoms. The minimum absolute atomic E-state index is 0.520. The predicted molar refractivity (Wildman–Crippen MR) is 52.0 cm³/mol. The lowest BCUT2D eigenvalue weighted by molar-refractivity contribution is 0.0789. The van der Waals surface area contributed by atoms with Crippen LogP contribution in [-0.4, -0.2) is 19.3 Å². The second kappa shape index (κ2) is 2.74. The third-order valence-electron chi connectivity index (χ3n) is 3.06. The van der Waals surface area contributed by atoms with Gasteiger partial charge in [0.05, 0.1) is 12.6 Å². The number of ether oxygens (including phenoxy) is 1. The molecule has 1 fully saturated rings. The zero-order chi connectivity index (χ0) is 8.67. The average Bonchev–Trinajstić information content (AvgIpc) is 2.56. The van der Waals surface area contributed by atoms with Gasteiger partial charge in [-0.05, 0) is 18.1 Å². The first-order valence-electron chi connectivity index (χ1n) is 4.88. The number of nitrogens with one attached hydrogen (secondary N) is 1. The highest BCUT2D eigenvalue weighted by Crippen LogP contribution is 2.39. The maximum atomic E-state index is 5.45. The van der Waals surface area contributed by atoms with Gasteiger partial charge < -0.3 is 10.1 Å². The predicted octanol–water partition coefficient (Wildman–Crippen LogP) is 1.98. The van der Waals surface area contributed by atoms with Crippen molar-refractivity contribution in [3.63, 3.8) is 0 Å². The topological polar surface area (TPSA) is 21.3 Å². The Bertz CT molecular complexity index is 324. The summed E-state index contributed by atoms with van der Waals surface area (Å²) in [4.78, 5) is 0. The molecule has 0 aromatic heterocycles. The van der Waals surface area contributed by atoms with E-state index in [0.29, 0.717) is 12.0 Å². The second-order valence-corrected chi connectivity index (χ2v) is 3.81. The number of para-hydroxylation sites is 1. The molecule has 13 heavy (non-hydrogen) atoms. The minimum Gasteiger partial charge on any atom is -0.379 e.